The minimum absolute atomic E-state index is 0.00175. The number of benzene rings is 1. The van der Waals surface area contributed by atoms with Gasteiger partial charge in [0.05, 0.1) is 23.0 Å². The molecule has 0 N–H and O–H groups in total. The van der Waals surface area contributed by atoms with Gasteiger partial charge in [0.25, 0.3) is 0 Å². The third kappa shape index (κ3) is 4.12. The Morgan fingerprint density at radius 1 is 0.944 bits per heavy atom. The lowest BCUT2D eigenvalue weighted by atomic mass is 10.0. The second-order valence-electron chi connectivity index (χ2n) is 8.60. The molecule has 1 fully saturated rings. The number of pyridine rings is 2. The number of aromatic nitrogens is 4. The lowest BCUT2D eigenvalue weighted by molar-refractivity contribution is -0.289. The molecule has 1 saturated carbocycles. The topological polar surface area (TPSA) is 77.7 Å². The molecule has 0 amide bonds. The van der Waals surface area contributed by atoms with E-state index in [-0.39, 0.29) is 27.5 Å². The molecule has 0 saturated heterocycles. The molecule has 5 rings (SSSR count). The van der Waals surface area contributed by atoms with Gasteiger partial charge in [-0.05, 0) is 42.0 Å². The fourth-order valence-electron chi connectivity index (χ4n) is 3.91. The number of fused-ring (bicyclic) bond motifs is 1. The van der Waals surface area contributed by atoms with Gasteiger partial charge in [-0.3, -0.25) is 4.98 Å². The molecule has 0 unspecified atom stereocenters. The Labute approximate surface area is 202 Å². The molecule has 0 spiro atoms. The van der Waals surface area contributed by atoms with E-state index in [9.17, 15) is 30.4 Å². The highest BCUT2D eigenvalue weighted by Crippen LogP contribution is 2.44. The number of rotatable bonds is 6. The second-order valence-corrected chi connectivity index (χ2v) is 10.8. The highest BCUT2D eigenvalue weighted by Gasteiger charge is 2.59. The van der Waals surface area contributed by atoms with Crippen LogP contribution in [0.4, 0.5) is 22.0 Å². The van der Waals surface area contributed by atoms with Gasteiger partial charge in [-0.15, -0.1) is 0 Å². The average Bonchev–Trinajstić information content (AvgIpc) is 3.62. The van der Waals surface area contributed by atoms with Crippen LogP contribution in [0.5, 0.6) is 0 Å². The molecule has 188 valence electrons. The van der Waals surface area contributed by atoms with Crippen molar-refractivity contribution in [2.45, 2.75) is 42.7 Å². The van der Waals surface area contributed by atoms with Crippen molar-refractivity contribution in [1.82, 2.24) is 19.7 Å². The summed E-state index contributed by atoms with van der Waals surface area (Å²) in [5, 5.41) is 4.00. The monoisotopic (exact) mass is 522 g/mol. The molecule has 36 heavy (non-hydrogen) atoms. The maximum atomic E-state index is 14.0. The van der Waals surface area contributed by atoms with Gasteiger partial charge in [0, 0.05) is 18.0 Å². The van der Waals surface area contributed by atoms with Crippen molar-refractivity contribution in [2.75, 3.05) is 5.75 Å². The van der Waals surface area contributed by atoms with E-state index in [0.717, 1.165) is 29.3 Å². The van der Waals surface area contributed by atoms with Crippen LogP contribution in [-0.2, 0) is 15.8 Å². The summed E-state index contributed by atoms with van der Waals surface area (Å²) >= 11 is 0. The zero-order valence-electron chi connectivity index (χ0n) is 18.8. The van der Waals surface area contributed by atoms with E-state index in [1.165, 1.54) is 24.8 Å². The fraction of sp³-hybridized carbons (Fsp3) is 0.292. The predicted octanol–water partition coefficient (Wildman–Crippen LogP) is 5.81. The SMILES string of the molecule is CCS(=O)(=O)c1cc(-c2ccc(C3CC3)cc2)cnc1-n1ncc2ncc(C(F)(F)C(F)(F)F)cc21. The zero-order chi connectivity index (χ0) is 25.9. The van der Waals surface area contributed by atoms with Crippen molar-refractivity contribution in [3.05, 3.63) is 66.1 Å². The number of nitrogens with zero attached hydrogens (tertiary/aromatic N) is 4. The van der Waals surface area contributed by atoms with Gasteiger partial charge < -0.3 is 0 Å². The standard InChI is InChI=1S/C24H19F5N4O2S/c1-2-36(34,35)21-9-17(16-7-5-15(6-8-16)14-3-4-14)11-31-22(21)33-20-10-18(12-30-19(20)13-32-33)23(25,26)24(27,28)29/h5-14H,2-4H2,1H3. The molecule has 0 aliphatic heterocycles. The summed E-state index contributed by atoms with van der Waals surface area (Å²) in [5.41, 5.74) is 0.802. The van der Waals surface area contributed by atoms with Crippen LogP contribution in [0.15, 0.2) is 59.9 Å². The van der Waals surface area contributed by atoms with E-state index >= 15 is 0 Å². The van der Waals surface area contributed by atoms with Crippen LogP contribution < -0.4 is 0 Å². The summed E-state index contributed by atoms with van der Waals surface area (Å²) < 4.78 is 93.6. The van der Waals surface area contributed by atoms with Crippen molar-refractivity contribution in [1.29, 1.82) is 0 Å². The highest BCUT2D eigenvalue weighted by atomic mass is 32.2. The van der Waals surface area contributed by atoms with Gasteiger partial charge in [0.15, 0.2) is 15.7 Å². The molecule has 1 aliphatic carbocycles. The van der Waals surface area contributed by atoms with Crippen LogP contribution in [0.3, 0.4) is 0 Å². The van der Waals surface area contributed by atoms with Crippen molar-refractivity contribution in [3.8, 4) is 16.9 Å². The molecule has 12 heteroatoms. The van der Waals surface area contributed by atoms with Crippen LogP contribution in [0.25, 0.3) is 28.0 Å². The minimum atomic E-state index is -5.83. The van der Waals surface area contributed by atoms with Gasteiger partial charge in [0.1, 0.15) is 10.4 Å². The molecule has 1 aliphatic rings. The molecular formula is C24H19F5N4O2S. The average molecular weight is 522 g/mol. The van der Waals surface area contributed by atoms with Gasteiger partial charge in [0.2, 0.25) is 0 Å². The summed E-state index contributed by atoms with van der Waals surface area (Å²) in [7, 11) is -3.90. The van der Waals surface area contributed by atoms with Crippen LogP contribution in [-0.4, -0.2) is 40.1 Å². The first-order chi connectivity index (χ1) is 16.9. The summed E-state index contributed by atoms with van der Waals surface area (Å²) in [6.45, 7) is 1.43. The Kier molecular flexibility index (Phi) is 5.62. The smallest absolute Gasteiger partial charge is 0.252 e. The maximum absolute atomic E-state index is 14.0. The van der Waals surface area contributed by atoms with Crippen LogP contribution in [0.1, 0.15) is 36.8 Å². The van der Waals surface area contributed by atoms with E-state index in [4.69, 9.17) is 0 Å². The Morgan fingerprint density at radius 3 is 2.25 bits per heavy atom. The van der Waals surface area contributed by atoms with Crippen LogP contribution in [0, 0.1) is 0 Å². The summed E-state index contributed by atoms with van der Waals surface area (Å²) in [6.07, 6.45) is -0.591. The first kappa shape index (κ1) is 24.3. The molecule has 0 bridgehead atoms. The van der Waals surface area contributed by atoms with E-state index in [1.54, 1.807) is 0 Å². The largest absolute Gasteiger partial charge is 0.458 e. The van der Waals surface area contributed by atoms with Crippen LogP contribution in [0.2, 0.25) is 0 Å². The molecule has 0 radical (unpaired) electrons. The van der Waals surface area contributed by atoms with Crippen molar-refractivity contribution < 1.29 is 30.4 Å². The van der Waals surface area contributed by atoms with E-state index in [2.05, 4.69) is 15.1 Å². The minimum Gasteiger partial charge on any atom is -0.252 e. The Morgan fingerprint density at radius 2 is 1.64 bits per heavy atom. The molecule has 3 heterocycles. The third-order valence-electron chi connectivity index (χ3n) is 6.18. The fourth-order valence-corrected chi connectivity index (χ4v) is 4.95. The third-order valence-corrected chi connectivity index (χ3v) is 7.91. The van der Waals surface area contributed by atoms with Gasteiger partial charge in [-0.25, -0.2) is 18.1 Å². The molecule has 6 nitrogen and oxygen atoms in total. The van der Waals surface area contributed by atoms with Gasteiger partial charge in [-0.1, -0.05) is 31.2 Å². The van der Waals surface area contributed by atoms with Crippen molar-refractivity contribution >= 4 is 20.9 Å². The molecular weight excluding hydrogens is 503 g/mol. The summed E-state index contributed by atoms with van der Waals surface area (Å²) in [4.78, 5) is 7.70. The molecule has 3 aromatic heterocycles. The molecule has 0 atom stereocenters. The number of alkyl halides is 5. The molecule has 1 aromatic carbocycles. The summed E-state index contributed by atoms with van der Waals surface area (Å²) in [5.74, 6) is -5.13. The van der Waals surface area contributed by atoms with Gasteiger partial charge >= 0.3 is 12.1 Å². The lowest BCUT2D eigenvalue weighted by Crippen LogP contribution is -2.33. The normalized spacial score (nSPS) is 14.9. The Balaban J connectivity index is 1.65. The Hall–Kier alpha value is -3.41. The van der Waals surface area contributed by atoms with Gasteiger partial charge in [-0.2, -0.15) is 27.1 Å². The zero-order valence-corrected chi connectivity index (χ0v) is 19.6. The predicted molar refractivity (Wildman–Crippen MR) is 122 cm³/mol. The Bertz CT molecular complexity index is 1560. The number of halogens is 5. The highest BCUT2D eigenvalue weighted by molar-refractivity contribution is 7.91. The molecule has 4 aromatic rings. The first-order valence-corrected chi connectivity index (χ1v) is 12.7. The second kappa shape index (κ2) is 8.32. The quantitative estimate of drug-likeness (QED) is 0.299. The van der Waals surface area contributed by atoms with Crippen LogP contribution >= 0.6 is 0 Å². The first-order valence-electron chi connectivity index (χ1n) is 11.0. The van der Waals surface area contributed by atoms with E-state index in [1.807, 2.05) is 24.3 Å². The van der Waals surface area contributed by atoms with E-state index in [0.29, 0.717) is 23.7 Å². The van der Waals surface area contributed by atoms with E-state index < -0.39 is 27.5 Å². The number of hydrogen-bond donors (Lipinski definition) is 0. The van der Waals surface area contributed by atoms with Crippen molar-refractivity contribution in [3.63, 3.8) is 0 Å². The summed E-state index contributed by atoms with van der Waals surface area (Å²) in [6, 6.07) is 9.68. The number of hydrogen-bond acceptors (Lipinski definition) is 5. The number of sulfone groups is 1. The lowest BCUT2D eigenvalue weighted by Gasteiger charge is -2.19. The van der Waals surface area contributed by atoms with Crippen molar-refractivity contribution in [2.24, 2.45) is 0 Å². The maximum Gasteiger partial charge on any atom is 0.458 e.